The number of fused-ring (bicyclic) bond motifs is 1. The highest BCUT2D eigenvalue weighted by atomic mass is 32.2. The van der Waals surface area contributed by atoms with Gasteiger partial charge in [-0.3, -0.25) is 0 Å². The molecule has 7 nitrogen and oxygen atoms in total. The van der Waals surface area contributed by atoms with Gasteiger partial charge in [0.05, 0.1) is 21.2 Å². The Morgan fingerprint density at radius 1 is 1.20 bits per heavy atom. The van der Waals surface area contributed by atoms with Crippen LogP contribution in [0.1, 0.15) is 23.1 Å². The van der Waals surface area contributed by atoms with Gasteiger partial charge >= 0.3 is 0 Å². The summed E-state index contributed by atoms with van der Waals surface area (Å²) < 4.78 is 2.62. The predicted molar refractivity (Wildman–Crippen MR) is 119 cm³/mol. The second-order valence-electron chi connectivity index (χ2n) is 6.71. The number of para-hydroxylation sites is 1. The molecule has 0 spiro atoms. The van der Waals surface area contributed by atoms with Crippen LogP contribution in [0.3, 0.4) is 0 Å². The second-order valence-corrected chi connectivity index (χ2v) is 9.05. The third-order valence-corrected chi connectivity index (χ3v) is 6.88. The highest BCUT2D eigenvalue weighted by Gasteiger charge is 2.22. The summed E-state index contributed by atoms with van der Waals surface area (Å²) >= 11 is 2.67. The largest absolute Gasteiger partial charge is 0.510 e. The molecule has 0 bridgehead atoms. The maximum absolute atomic E-state index is 10.8. The molecular formula is C21H18N6OS2. The molecule has 4 aromatic rings. The Kier molecular flexibility index (Phi) is 5.53. The van der Waals surface area contributed by atoms with Crippen molar-refractivity contribution in [2.75, 3.05) is 0 Å². The van der Waals surface area contributed by atoms with Gasteiger partial charge < -0.3 is 5.11 Å². The average Bonchev–Trinajstić information content (AvgIpc) is 3.37. The number of hydrogen-bond acceptors (Lipinski definition) is 8. The van der Waals surface area contributed by atoms with Gasteiger partial charge in [-0.1, -0.05) is 36.0 Å². The van der Waals surface area contributed by atoms with E-state index in [1.807, 2.05) is 63.2 Å². The van der Waals surface area contributed by atoms with Crippen LogP contribution in [0, 0.1) is 25.2 Å². The highest BCUT2D eigenvalue weighted by Crippen LogP contribution is 2.33. The van der Waals surface area contributed by atoms with E-state index in [4.69, 9.17) is 0 Å². The number of aryl methyl sites for hydroxylation is 1. The maximum Gasteiger partial charge on any atom is 0.214 e. The molecule has 2 aromatic carbocycles. The van der Waals surface area contributed by atoms with Crippen LogP contribution in [0.5, 0.6) is 0 Å². The van der Waals surface area contributed by atoms with Gasteiger partial charge in [0.25, 0.3) is 0 Å². The third kappa shape index (κ3) is 3.67. The molecule has 0 fully saturated rings. The van der Waals surface area contributed by atoms with E-state index in [1.165, 1.54) is 23.1 Å². The summed E-state index contributed by atoms with van der Waals surface area (Å²) in [6.07, 6.45) is 0. The number of thioether (sulfide) groups is 1. The first-order chi connectivity index (χ1) is 14.5. The molecule has 1 N–H and O–H groups in total. The van der Waals surface area contributed by atoms with Crippen LogP contribution in [-0.4, -0.2) is 35.5 Å². The van der Waals surface area contributed by atoms with E-state index in [-0.39, 0.29) is 11.3 Å². The van der Waals surface area contributed by atoms with Crippen LogP contribution in [0.4, 0.5) is 0 Å². The van der Waals surface area contributed by atoms with Gasteiger partial charge in [-0.2, -0.15) is 9.94 Å². The first kappa shape index (κ1) is 20.1. The van der Waals surface area contributed by atoms with Crippen LogP contribution in [0.25, 0.3) is 21.5 Å². The Bertz CT molecular complexity index is 1270. The van der Waals surface area contributed by atoms with Crippen molar-refractivity contribution in [2.45, 2.75) is 31.2 Å². The van der Waals surface area contributed by atoms with Crippen LogP contribution in [0.2, 0.25) is 0 Å². The quantitative estimate of drug-likeness (QED) is 0.272. The predicted octanol–water partition coefficient (Wildman–Crippen LogP) is 4.86. The Hall–Kier alpha value is -3.22. The zero-order chi connectivity index (χ0) is 21.3. The minimum Gasteiger partial charge on any atom is -0.510 e. The number of benzene rings is 2. The monoisotopic (exact) mass is 434 g/mol. The zero-order valence-corrected chi connectivity index (χ0v) is 18.2. The number of nitriles is 1. The van der Waals surface area contributed by atoms with Crippen molar-refractivity contribution in [3.63, 3.8) is 0 Å². The van der Waals surface area contributed by atoms with Gasteiger partial charge in [0.1, 0.15) is 22.4 Å². The molecule has 0 saturated carbocycles. The second kappa shape index (κ2) is 8.26. The fraction of sp³-hybridized carbons (Fsp3) is 0.190. The fourth-order valence-corrected chi connectivity index (χ4v) is 4.81. The van der Waals surface area contributed by atoms with E-state index in [0.29, 0.717) is 10.2 Å². The summed E-state index contributed by atoms with van der Waals surface area (Å²) in [5, 5.41) is 33.2. The van der Waals surface area contributed by atoms with Gasteiger partial charge in [0.15, 0.2) is 0 Å². The van der Waals surface area contributed by atoms with E-state index in [2.05, 4.69) is 26.6 Å². The van der Waals surface area contributed by atoms with E-state index < -0.39 is 5.25 Å². The first-order valence-electron chi connectivity index (χ1n) is 9.20. The molecule has 0 amide bonds. The molecule has 0 aliphatic heterocycles. The van der Waals surface area contributed by atoms with E-state index in [9.17, 15) is 10.4 Å². The molecule has 1 unspecified atom stereocenters. The number of aliphatic hydroxyl groups is 1. The van der Waals surface area contributed by atoms with Crippen molar-refractivity contribution >= 4 is 38.9 Å². The third-order valence-electron chi connectivity index (χ3n) is 4.79. The molecule has 2 aromatic heterocycles. The first-order valence-corrected chi connectivity index (χ1v) is 10.9. The molecule has 0 saturated heterocycles. The van der Waals surface area contributed by atoms with Crippen molar-refractivity contribution < 1.29 is 5.11 Å². The number of nitrogens with zero attached hydrogens (tertiary/aromatic N) is 6. The highest BCUT2D eigenvalue weighted by molar-refractivity contribution is 7.99. The number of hydrogen-bond donors (Lipinski definition) is 1. The number of allylic oxidation sites excluding steroid dienone is 1. The molecule has 0 radical (unpaired) electrons. The number of rotatable bonds is 5. The zero-order valence-electron chi connectivity index (χ0n) is 16.6. The number of aliphatic hydroxyl groups excluding tert-OH is 1. The SMILES string of the molecule is Cc1cccc(-n2nnnc2SC(C)/C(O)=C(\C#N)c2nc3ccccc3s2)c1C. The molecule has 0 aliphatic rings. The average molecular weight is 435 g/mol. The van der Waals surface area contributed by atoms with E-state index in [1.54, 1.807) is 4.68 Å². The summed E-state index contributed by atoms with van der Waals surface area (Å²) in [7, 11) is 0. The van der Waals surface area contributed by atoms with Gasteiger partial charge in [0, 0.05) is 0 Å². The van der Waals surface area contributed by atoms with Crippen LogP contribution in [0.15, 0.2) is 53.4 Å². The lowest BCUT2D eigenvalue weighted by Gasteiger charge is -2.13. The summed E-state index contributed by atoms with van der Waals surface area (Å²) in [4.78, 5) is 4.49. The van der Waals surface area contributed by atoms with Crippen molar-refractivity contribution in [1.82, 2.24) is 25.2 Å². The Morgan fingerprint density at radius 2 is 2.00 bits per heavy atom. The Morgan fingerprint density at radius 3 is 2.77 bits per heavy atom. The molecule has 9 heteroatoms. The molecule has 0 aliphatic carbocycles. The molecule has 30 heavy (non-hydrogen) atoms. The lowest BCUT2D eigenvalue weighted by Crippen LogP contribution is -2.08. The van der Waals surface area contributed by atoms with Gasteiger partial charge in [0.2, 0.25) is 5.16 Å². The summed E-state index contributed by atoms with van der Waals surface area (Å²) in [6.45, 7) is 5.86. The van der Waals surface area contributed by atoms with Gasteiger partial charge in [-0.15, -0.1) is 16.4 Å². The summed E-state index contributed by atoms with van der Waals surface area (Å²) in [6, 6.07) is 15.7. The van der Waals surface area contributed by atoms with Gasteiger partial charge in [-0.05, 0) is 60.5 Å². The van der Waals surface area contributed by atoms with E-state index >= 15 is 0 Å². The minimum absolute atomic E-state index is 0.0444. The van der Waals surface area contributed by atoms with Crippen LogP contribution < -0.4 is 0 Å². The minimum atomic E-state index is -0.443. The van der Waals surface area contributed by atoms with Crippen molar-refractivity contribution in [3.8, 4) is 11.8 Å². The molecule has 4 rings (SSSR count). The summed E-state index contributed by atoms with van der Waals surface area (Å²) in [5.41, 5.74) is 4.06. The Balaban J connectivity index is 1.67. The lowest BCUT2D eigenvalue weighted by atomic mass is 10.1. The smallest absolute Gasteiger partial charge is 0.214 e. The lowest BCUT2D eigenvalue weighted by molar-refractivity contribution is 0.402. The van der Waals surface area contributed by atoms with Crippen molar-refractivity contribution in [1.29, 1.82) is 5.26 Å². The number of thiazole rings is 1. The van der Waals surface area contributed by atoms with Crippen LogP contribution >= 0.6 is 23.1 Å². The van der Waals surface area contributed by atoms with Crippen LogP contribution in [-0.2, 0) is 0 Å². The summed E-state index contributed by atoms with van der Waals surface area (Å²) in [5.74, 6) is -0.0444. The standard InChI is InChI=1S/C21H18N6OS2/c1-12-7-6-9-17(13(12)2)27-21(24-25-26-27)29-14(3)19(28)15(11-22)20-23-16-8-4-5-10-18(16)30-20/h4-10,14,28H,1-3H3/b19-15-. The molecular weight excluding hydrogens is 416 g/mol. The number of aromatic nitrogens is 5. The molecule has 150 valence electrons. The topological polar surface area (TPSA) is 101 Å². The fourth-order valence-electron chi connectivity index (χ4n) is 2.98. The normalized spacial score (nSPS) is 13.1. The number of tetrazole rings is 1. The Labute approximate surface area is 181 Å². The molecule has 2 heterocycles. The molecule has 1 atom stereocenters. The maximum atomic E-state index is 10.8. The van der Waals surface area contributed by atoms with Crippen molar-refractivity contribution in [2.24, 2.45) is 0 Å². The van der Waals surface area contributed by atoms with E-state index in [0.717, 1.165) is 27.0 Å². The van der Waals surface area contributed by atoms with Crippen molar-refractivity contribution in [3.05, 3.63) is 64.4 Å². The van der Waals surface area contributed by atoms with Gasteiger partial charge in [-0.25, -0.2) is 4.98 Å².